The van der Waals surface area contributed by atoms with Gasteiger partial charge in [-0.05, 0) is 418 Å². The van der Waals surface area contributed by atoms with Gasteiger partial charge < -0.3 is 0 Å². The SMILES string of the molecule is CCCCCCc1cc2c3ccc4cc3c(CCCCCC)cc2c2ccc(cc12)-c1ccc2c(c1)c(CCCCCC)cc1c3ccc(cc3c(CCCCCC)cc21)-c1ccc2c(c1)c(CCCCCC)cc1c3ccc(cc3c(CCCCCC)cc21)-c1ccc2c(c1)c(CCCCCC)cc1c3ccc-4cc3c(CCCCCC)cc21. The first-order valence-electron chi connectivity index (χ1n) is 49.0. The monoisotopic (exact) mass is 1580 g/mol. The summed E-state index contributed by atoms with van der Waals surface area (Å²) in [6.45, 7) is 18.9. The Bertz CT molecular complexity index is 5240. The molecule has 28 aliphatic rings. The molecule has 0 fully saturated rings. The summed E-state index contributed by atoms with van der Waals surface area (Å²) < 4.78 is 0. The highest BCUT2D eigenvalue weighted by Gasteiger charge is 2.23. The molecular weight excluding hydrogens is 1440 g/mol. The van der Waals surface area contributed by atoms with E-state index in [-0.39, 0.29) is 0 Å². The molecule has 0 nitrogen and oxygen atoms in total. The Morgan fingerprint density at radius 3 is 0.333 bits per heavy atom. The number of hydrogen-bond acceptors (Lipinski definition) is 0. The molecule has 0 spiro atoms. The minimum absolute atomic E-state index is 1.08. The normalized spacial score (nSPS) is 12.3. The van der Waals surface area contributed by atoms with E-state index in [0.717, 1.165) is 51.4 Å². The maximum absolute atomic E-state index is 2.67. The van der Waals surface area contributed by atoms with Crippen LogP contribution in [0, 0.1) is 0 Å². The molecule has 16 aromatic rings. The van der Waals surface area contributed by atoms with E-state index in [9.17, 15) is 0 Å². The third-order valence-corrected chi connectivity index (χ3v) is 28.7. The molecule has 616 valence electrons. The van der Waals surface area contributed by atoms with Gasteiger partial charge in [-0.1, -0.05) is 307 Å². The van der Waals surface area contributed by atoms with E-state index < -0.39 is 0 Å². The Morgan fingerprint density at radius 1 is 0.108 bits per heavy atom. The number of hydrogen-bond donors (Lipinski definition) is 0. The third kappa shape index (κ3) is 17.2. The summed E-state index contributed by atoms with van der Waals surface area (Å²) in [4.78, 5) is 0. The Hall–Kier alpha value is -9.36. The fourth-order valence-electron chi connectivity index (χ4n) is 21.8. The second-order valence-electron chi connectivity index (χ2n) is 37.2. The van der Waals surface area contributed by atoms with Crippen molar-refractivity contribution >= 4 is 129 Å². The molecule has 0 aliphatic heterocycles. The van der Waals surface area contributed by atoms with Crippen LogP contribution in [-0.2, 0) is 51.4 Å². The van der Waals surface area contributed by atoms with Crippen LogP contribution in [0.4, 0.5) is 0 Å². The maximum atomic E-state index is 2.67. The summed E-state index contributed by atoms with van der Waals surface area (Å²) in [5.74, 6) is 0. The van der Waals surface area contributed by atoms with Crippen LogP contribution in [-0.4, -0.2) is 0 Å². The van der Waals surface area contributed by atoms with Crippen molar-refractivity contribution in [2.24, 2.45) is 0 Å². The molecule has 0 atom stereocenters. The summed E-state index contributed by atoms with van der Waals surface area (Å²) in [7, 11) is 0. The van der Waals surface area contributed by atoms with E-state index in [1.807, 2.05) is 0 Å². The van der Waals surface area contributed by atoms with Crippen LogP contribution < -0.4 is 0 Å². The second-order valence-corrected chi connectivity index (χ2v) is 37.2. The minimum atomic E-state index is 1.08. The summed E-state index contributed by atoms with van der Waals surface area (Å²) in [5, 5.41) is 34.1. The molecule has 0 saturated heterocycles. The lowest BCUT2D eigenvalue weighted by atomic mass is 9.84. The van der Waals surface area contributed by atoms with Crippen molar-refractivity contribution in [2.75, 3.05) is 0 Å². The Kier molecular flexibility index (Phi) is 26.8. The second kappa shape index (κ2) is 38.8. The Morgan fingerprint density at radius 2 is 0.225 bits per heavy atom. The molecule has 0 N–H and O–H groups in total. The van der Waals surface area contributed by atoms with Crippen LogP contribution in [0.2, 0.25) is 0 Å². The van der Waals surface area contributed by atoms with Gasteiger partial charge in [0, 0.05) is 0 Å². The van der Waals surface area contributed by atoms with Gasteiger partial charge in [0.25, 0.3) is 0 Å². The van der Waals surface area contributed by atoms with Gasteiger partial charge >= 0.3 is 0 Å². The standard InChI is InChI=1S/C120H136/c1-9-17-25-33-41-89-73-113-98-58-50-83-67-106(98)90(42-34-26-18-10-2)74-114(113)97-57-49-81(65-105(89)97)82-51-59-99-107(66-82)91(43-35-27-19-11-3)75-116-101-61-53-85(69-109(101)92(76-115(99)116)44-36-28-20-12-4)86-55-63-103-111(70-86)95(47-39-31-23-15-7)79-120-104-64-56-88(72-112(104)96(80-119(103)120)48-40-32-24-16-8)87-54-62-102-110(71-87)94(46-38-30-22-14-6)78-117-100-60-52-84(83)68-108(100)93(77-118(102)117)45-37-29-21-13-5/h49-80H,9-48H2,1-8H3. The Balaban J connectivity index is 0.927. The van der Waals surface area contributed by atoms with Gasteiger partial charge in [0.15, 0.2) is 0 Å². The average molecular weight is 1580 g/mol. The van der Waals surface area contributed by atoms with Gasteiger partial charge in [-0.25, -0.2) is 0 Å². The summed E-state index contributed by atoms with van der Waals surface area (Å²) in [5.41, 5.74) is 22.6. The van der Waals surface area contributed by atoms with Gasteiger partial charge in [-0.2, -0.15) is 0 Å². The molecule has 0 heterocycles. The van der Waals surface area contributed by atoms with Crippen LogP contribution in [0.1, 0.15) is 305 Å². The van der Waals surface area contributed by atoms with Crippen molar-refractivity contribution < 1.29 is 0 Å². The van der Waals surface area contributed by atoms with Gasteiger partial charge in [0.1, 0.15) is 0 Å². The van der Waals surface area contributed by atoms with E-state index in [2.05, 4.69) is 250 Å². The van der Waals surface area contributed by atoms with Crippen molar-refractivity contribution in [3.63, 3.8) is 0 Å². The number of rotatable bonds is 40. The van der Waals surface area contributed by atoms with Crippen LogP contribution in [0.15, 0.2) is 194 Å². The van der Waals surface area contributed by atoms with Crippen molar-refractivity contribution in [2.45, 2.75) is 312 Å². The molecule has 0 heteroatoms. The van der Waals surface area contributed by atoms with Crippen molar-refractivity contribution in [1.82, 2.24) is 0 Å². The fraction of sp³-hybridized carbons (Fsp3) is 0.400. The predicted molar refractivity (Wildman–Crippen MR) is 535 cm³/mol. The first-order valence-corrected chi connectivity index (χ1v) is 49.0. The molecule has 44 rings (SSSR count). The zero-order valence-corrected chi connectivity index (χ0v) is 74.8. The lowest BCUT2D eigenvalue weighted by molar-refractivity contribution is 0.668. The van der Waals surface area contributed by atoms with Gasteiger partial charge in [0.05, 0.1) is 0 Å². The van der Waals surface area contributed by atoms with Crippen molar-refractivity contribution in [3.05, 3.63) is 239 Å². The predicted octanol–water partition coefficient (Wildman–Crippen LogP) is 37.5. The highest BCUT2D eigenvalue weighted by Crippen LogP contribution is 2.48. The maximum Gasteiger partial charge on any atom is -0.00960 e. The fourth-order valence-corrected chi connectivity index (χ4v) is 21.8. The van der Waals surface area contributed by atoms with Gasteiger partial charge in [-0.15, -0.1) is 0 Å². The number of benzene rings is 16. The lowest BCUT2D eigenvalue weighted by Gasteiger charge is -2.19. The molecule has 120 heavy (non-hydrogen) atoms. The average Bonchev–Trinajstić information content (AvgIpc) is 0.737. The van der Waals surface area contributed by atoms with Crippen LogP contribution in [0.5, 0.6) is 0 Å². The first kappa shape index (κ1) is 82.9. The van der Waals surface area contributed by atoms with E-state index in [4.69, 9.17) is 0 Å². The van der Waals surface area contributed by atoms with Crippen LogP contribution in [0.25, 0.3) is 174 Å². The molecule has 0 saturated carbocycles. The molecule has 28 aliphatic carbocycles. The van der Waals surface area contributed by atoms with Gasteiger partial charge in [0.2, 0.25) is 0 Å². The molecular formula is C120H136. The molecule has 0 unspecified atom stereocenters. The summed E-state index contributed by atoms with van der Waals surface area (Å²) >= 11 is 0. The third-order valence-electron chi connectivity index (χ3n) is 28.7. The zero-order valence-electron chi connectivity index (χ0n) is 74.8. The zero-order chi connectivity index (χ0) is 82.0. The topological polar surface area (TPSA) is 0 Å². The quantitative estimate of drug-likeness (QED) is 0.0265. The number of aryl methyl sites for hydroxylation is 8. The van der Waals surface area contributed by atoms with Crippen molar-refractivity contribution in [1.29, 1.82) is 0 Å². The van der Waals surface area contributed by atoms with Gasteiger partial charge in [-0.3, -0.25) is 0 Å². The molecule has 32 bridgehead atoms. The first-order chi connectivity index (χ1) is 59.2. The van der Waals surface area contributed by atoms with Crippen LogP contribution >= 0.6 is 0 Å². The smallest absolute Gasteiger partial charge is 0.00960 e. The minimum Gasteiger partial charge on any atom is -0.0654 e. The largest absolute Gasteiger partial charge is 0.0654 e. The highest BCUT2D eigenvalue weighted by molar-refractivity contribution is 6.25. The molecule has 0 aromatic heterocycles. The summed E-state index contributed by atoms with van der Waals surface area (Å²) in [6, 6.07) is 82.7. The lowest BCUT2D eigenvalue weighted by Crippen LogP contribution is -1.97. The van der Waals surface area contributed by atoms with E-state index >= 15 is 0 Å². The van der Waals surface area contributed by atoms with Crippen LogP contribution in [0.3, 0.4) is 0 Å². The number of unbranched alkanes of at least 4 members (excludes halogenated alkanes) is 24. The molecule has 0 amide bonds. The molecule has 16 aromatic carbocycles. The van der Waals surface area contributed by atoms with E-state index in [0.29, 0.717) is 0 Å². The summed E-state index contributed by atoms with van der Waals surface area (Å²) in [6.07, 6.45) is 48.4. The van der Waals surface area contributed by atoms with E-state index in [1.54, 1.807) is 0 Å². The van der Waals surface area contributed by atoms with Crippen molar-refractivity contribution in [3.8, 4) is 44.5 Å². The molecule has 0 radical (unpaired) electrons. The highest BCUT2D eigenvalue weighted by atomic mass is 14.3. The van der Waals surface area contributed by atoms with E-state index in [1.165, 1.54) is 424 Å². The Labute approximate surface area is 719 Å².